The molecule has 0 aliphatic carbocycles. The highest BCUT2D eigenvalue weighted by molar-refractivity contribution is 6.03. The van der Waals surface area contributed by atoms with Crippen LogP contribution in [0.4, 0.5) is 11.5 Å². The summed E-state index contributed by atoms with van der Waals surface area (Å²) in [6, 6.07) is 9.47. The van der Waals surface area contributed by atoms with Gasteiger partial charge in [0.1, 0.15) is 12.3 Å². The van der Waals surface area contributed by atoms with Gasteiger partial charge in [0.2, 0.25) is 11.8 Å². The lowest BCUT2D eigenvalue weighted by atomic mass is 10.2. The van der Waals surface area contributed by atoms with E-state index in [4.69, 9.17) is 4.52 Å². The van der Waals surface area contributed by atoms with Crippen LogP contribution in [0.3, 0.4) is 0 Å². The molecule has 1 aliphatic heterocycles. The molecule has 0 spiro atoms. The van der Waals surface area contributed by atoms with Crippen LogP contribution in [-0.2, 0) is 16.0 Å². The summed E-state index contributed by atoms with van der Waals surface area (Å²) in [7, 11) is 0. The molecular weight excluding hydrogens is 282 g/mol. The average Bonchev–Trinajstić information content (AvgIpc) is 3.10. The Morgan fingerprint density at radius 1 is 1.36 bits per heavy atom. The molecule has 0 unspecified atom stereocenters. The number of aryl methyl sites for hydroxylation is 1. The predicted octanol–water partition coefficient (Wildman–Crippen LogP) is 1.93. The third-order valence-electron chi connectivity index (χ3n) is 3.75. The Morgan fingerprint density at radius 3 is 2.82 bits per heavy atom. The van der Waals surface area contributed by atoms with Crippen molar-refractivity contribution in [1.29, 1.82) is 0 Å². The molecule has 2 amide bonds. The van der Waals surface area contributed by atoms with Crippen LogP contribution in [0.25, 0.3) is 0 Å². The first kappa shape index (κ1) is 14.3. The van der Waals surface area contributed by atoms with Crippen molar-refractivity contribution in [3.05, 3.63) is 41.7 Å². The molecule has 0 fully saturated rings. The van der Waals surface area contributed by atoms with Gasteiger partial charge >= 0.3 is 0 Å². The number of para-hydroxylation sites is 1. The van der Waals surface area contributed by atoms with Gasteiger partial charge in [-0.05, 0) is 25.0 Å². The lowest BCUT2D eigenvalue weighted by molar-refractivity contribution is -0.121. The highest BCUT2D eigenvalue weighted by Gasteiger charge is 2.27. The van der Waals surface area contributed by atoms with E-state index in [2.05, 4.69) is 5.16 Å². The molecule has 1 aliphatic rings. The highest BCUT2D eigenvalue weighted by atomic mass is 16.5. The zero-order valence-electron chi connectivity index (χ0n) is 12.6. The number of fused-ring (bicyclic) bond motifs is 1. The van der Waals surface area contributed by atoms with Crippen molar-refractivity contribution in [3.63, 3.8) is 0 Å². The van der Waals surface area contributed by atoms with Crippen molar-refractivity contribution in [2.24, 2.45) is 0 Å². The van der Waals surface area contributed by atoms with E-state index in [1.807, 2.05) is 24.3 Å². The van der Waals surface area contributed by atoms with Gasteiger partial charge in [-0.15, -0.1) is 0 Å². The Hall–Kier alpha value is -2.63. The fourth-order valence-corrected chi connectivity index (χ4v) is 2.65. The number of aromatic nitrogens is 1. The summed E-state index contributed by atoms with van der Waals surface area (Å²) < 4.78 is 4.99. The number of carbonyl (C=O) groups is 2. The fourth-order valence-electron chi connectivity index (χ4n) is 2.65. The largest absolute Gasteiger partial charge is 0.360 e. The van der Waals surface area contributed by atoms with Crippen molar-refractivity contribution in [1.82, 2.24) is 5.16 Å². The van der Waals surface area contributed by atoms with Gasteiger partial charge in [-0.25, -0.2) is 0 Å². The summed E-state index contributed by atoms with van der Waals surface area (Å²) in [5.41, 5.74) is 2.08. The third kappa shape index (κ3) is 2.59. The quantitative estimate of drug-likeness (QED) is 0.868. The van der Waals surface area contributed by atoms with Crippen LogP contribution in [0.1, 0.15) is 18.2 Å². The second-order valence-electron chi connectivity index (χ2n) is 5.33. The Labute approximate surface area is 128 Å². The summed E-state index contributed by atoms with van der Waals surface area (Å²) in [6.07, 6.45) is 0.838. The lowest BCUT2D eigenvalue weighted by Gasteiger charge is -2.22. The Morgan fingerprint density at radius 2 is 2.14 bits per heavy atom. The second kappa shape index (κ2) is 5.63. The number of rotatable bonds is 3. The Balaban J connectivity index is 1.80. The molecule has 22 heavy (non-hydrogen) atoms. The Kier molecular flexibility index (Phi) is 3.66. The van der Waals surface area contributed by atoms with Crippen LogP contribution in [0.15, 0.2) is 34.9 Å². The van der Waals surface area contributed by atoms with Gasteiger partial charge in [-0.2, -0.15) is 0 Å². The third-order valence-corrected chi connectivity index (χ3v) is 3.75. The van der Waals surface area contributed by atoms with Gasteiger partial charge in [0, 0.05) is 25.2 Å². The zero-order chi connectivity index (χ0) is 15.7. The molecule has 6 nitrogen and oxygen atoms in total. The van der Waals surface area contributed by atoms with Crippen LogP contribution < -0.4 is 9.80 Å². The fraction of sp³-hybridized carbons (Fsp3) is 0.312. The number of benzene rings is 1. The van der Waals surface area contributed by atoms with E-state index in [9.17, 15) is 9.59 Å². The molecular formula is C16H17N3O3. The molecule has 2 heterocycles. The van der Waals surface area contributed by atoms with Crippen LogP contribution in [-0.4, -0.2) is 30.1 Å². The first-order chi connectivity index (χ1) is 10.6. The van der Waals surface area contributed by atoms with Crippen molar-refractivity contribution >= 4 is 23.3 Å². The first-order valence-electron chi connectivity index (χ1n) is 7.16. The SMILES string of the molecule is CC(=O)N(CC(=O)N1CCc2ccccc21)c1cc(C)on1. The van der Waals surface area contributed by atoms with E-state index >= 15 is 0 Å². The summed E-state index contributed by atoms with van der Waals surface area (Å²) in [5.74, 6) is 0.598. The van der Waals surface area contributed by atoms with E-state index in [0.717, 1.165) is 17.7 Å². The normalized spacial score (nSPS) is 13.1. The standard InChI is InChI=1S/C16H17N3O3/c1-11-9-15(17-22-11)19(12(2)20)10-16(21)18-8-7-13-5-3-4-6-14(13)18/h3-6,9H,7-8,10H2,1-2H3. The minimum Gasteiger partial charge on any atom is -0.360 e. The molecule has 0 N–H and O–H groups in total. The monoisotopic (exact) mass is 299 g/mol. The molecule has 114 valence electrons. The van der Waals surface area contributed by atoms with Gasteiger partial charge in [-0.1, -0.05) is 23.4 Å². The van der Waals surface area contributed by atoms with Crippen molar-refractivity contribution < 1.29 is 14.1 Å². The van der Waals surface area contributed by atoms with E-state index < -0.39 is 0 Å². The summed E-state index contributed by atoms with van der Waals surface area (Å²) >= 11 is 0. The highest BCUT2D eigenvalue weighted by Crippen LogP contribution is 2.27. The van der Waals surface area contributed by atoms with Crippen molar-refractivity contribution in [2.75, 3.05) is 22.9 Å². The maximum Gasteiger partial charge on any atom is 0.247 e. The number of hydrogen-bond donors (Lipinski definition) is 0. The molecule has 0 atom stereocenters. The molecule has 0 saturated carbocycles. The summed E-state index contributed by atoms with van der Waals surface area (Å²) in [4.78, 5) is 27.5. The minimum atomic E-state index is -0.242. The van der Waals surface area contributed by atoms with E-state index in [-0.39, 0.29) is 18.4 Å². The molecule has 0 bridgehead atoms. The maximum absolute atomic E-state index is 12.6. The van der Waals surface area contributed by atoms with E-state index in [1.165, 1.54) is 11.8 Å². The summed E-state index contributed by atoms with van der Waals surface area (Å²) in [6.45, 7) is 3.75. The smallest absolute Gasteiger partial charge is 0.247 e. The number of hydrogen-bond acceptors (Lipinski definition) is 4. The second-order valence-corrected chi connectivity index (χ2v) is 5.33. The van der Waals surface area contributed by atoms with Gasteiger partial charge in [0.05, 0.1) is 0 Å². The molecule has 0 saturated heterocycles. The molecule has 6 heteroatoms. The van der Waals surface area contributed by atoms with Gasteiger partial charge in [0.15, 0.2) is 5.82 Å². The lowest BCUT2D eigenvalue weighted by Crippen LogP contribution is -2.42. The van der Waals surface area contributed by atoms with Gasteiger partial charge in [0.25, 0.3) is 0 Å². The minimum absolute atomic E-state index is 0.0460. The average molecular weight is 299 g/mol. The molecule has 0 radical (unpaired) electrons. The number of carbonyl (C=O) groups excluding carboxylic acids is 2. The number of amides is 2. The van der Waals surface area contributed by atoms with Crippen molar-refractivity contribution in [3.8, 4) is 0 Å². The molecule has 1 aromatic carbocycles. The van der Waals surface area contributed by atoms with E-state index in [0.29, 0.717) is 18.1 Å². The first-order valence-corrected chi connectivity index (χ1v) is 7.16. The van der Waals surface area contributed by atoms with Gasteiger partial charge in [-0.3, -0.25) is 14.5 Å². The molecule has 1 aromatic heterocycles. The zero-order valence-corrected chi connectivity index (χ0v) is 12.6. The van der Waals surface area contributed by atoms with Crippen LogP contribution in [0, 0.1) is 6.92 Å². The summed E-state index contributed by atoms with van der Waals surface area (Å²) in [5, 5.41) is 3.82. The van der Waals surface area contributed by atoms with Gasteiger partial charge < -0.3 is 9.42 Å². The topological polar surface area (TPSA) is 66.7 Å². The van der Waals surface area contributed by atoms with Crippen molar-refractivity contribution in [2.45, 2.75) is 20.3 Å². The number of nitrogens with zero attached hydrogens (tertiary/aromatic N) is 3. The van der Waals surface area contributed by atoms with E-state index in [1.54, 1.807) is 17.9 Å². The van der Waals surface area contributed by atoms with Crippen LogP contribution in [0.5, 0.6) is 0 Å². The molecule has 2 aromatic rings. The predicted molar refractivity (Wildman–Crippen MR) is 81.8 cm³/mol. The van der Waals surface area contributed by atoms with Crippen LogP contribution >= 0.6 is 0 Å². The molecule has 3 rings (SSSR count). The number of anilines is 2. The maximum atomic E-state index is 12.6. The Bertz CT molecular complexity index is 723. The van der Waals surface area contributed by atoms with Crippen LogP contribution in [0.2, 0.25) is 0 Å².